The van der Waals surface area contributed by atoms with Crippen LogP contribution in [0.25, 0.3) is 0 Å². The average Bonchev–Trinajstić information content (AvgIpc) is 3.55. The van der Waals surface area contributed by atoms with E-state index in [4.69, 9.17) is 28.8 Å². The lowest BCUT2D eigenvalue weighted by Gasteiger charge is -2.30. The van der Waals surface area contributed by atoms with Crippen LogP contribution >= 0.6 is 0 Å². The van der Waals surface area contributed by atoms with Crippen LogP contribution < -0.4 is 14.8 Å². The van der Waals surface area contributed by atoms with Crippen LogP contribution in [-0.2, 0) is 19.0 Å². The number of nitrogens with one attached hydrogen (secondary N) is 1. The van der Waals surface area contributed by atoms with Crippen LogP contribution in [-0.4, -0.2) is 56.6 Å². The molecule has 0 aromatic heterocycles. The van der Waals surface area contributed by atoms with Crippen molar-refractivity contribution in [3.05, 3.63) is 35.6 Å². The van der Waals surface area contributed by atoms with Crippen LogP contribution in [0.5, 0.6) is 11.5 Å². The molecular weight excluding hydrogens is 414 g/mol. The molecule has 0 spiro atoms. The zero-order chi connectivity index (χ0) is 21.9. The number of rotatable bonds is 9. The highest BCUT2D eigenvalue weighted by atomic mass is 16.7. The zero-order valence-electron chi connectivity index (χ0n) is 18.2. The smallest absolute Gasteiger partial charge is 0.286 e. The number of benzene rings is 1. The Labute approximate surface area is 187 Å². The average molecular weight is 446 g/mol. The number of fused-ring (bicyclic) bond motifs is 3. The lowest BCUT2D eigenvalue weighted by atomic mass is 9.92. The summed E-state index contributed by atoms with van der Waals surface area (Å²) in [4.78, 5) is 13.1. The summed E-state index contributed by atoms with van der Waals surface area (Å²) >= 11 is 0. The van der Waals surface area contributed by atoms with Crippen molar-refractivity contribution in [2.24, 2.45) is 11.8 Å². The van der Waals surface area contributed by atoms with E-state index < -0.39 is 6.29 Å². The van der Waals surface area contributed by atoms with E-state index in [1.54, 1.807) is 0 Å². The second-order valence-electron chi connectivity index (χ2n) is 8.99. The minimum Gasteiger partial charge on any atom is -0.459 e. The fraction of sp³-hybridized carbons (Fsp3) is 0.625. The van der Waals surface area contributed by atoms with Gasteiger partial charge in [-0.2, -0.15) is 0 Å². The van der Waals surface area contributed by atoms with E-state index in [0.717, 1.165) is 23.7 Å². The first kappa shape index (κ1) is 21.6. The molecule has 5 rings (SSSR count). The standard InChI is InChI=1S/C24H31NO7/c26-5-6-28-7-8-29-23-13-18(16-3-4-20-21(11-16)31-14-30-20)12-22(32-23)24(27)25-19-10-15-1-2-17(19)9-15/h3-4,11-12,15,17-19,23,26H,1-2,5-10,13-14H2,(H,25,27)/t15?,17?,18-,19?,23+/m1/s1. The molecule has 2 bridgehead atoms. The molecule has 1 aromatic rings. The highest BCUT2D eigenvalue weighted by Gasteiger charge is 2.41. The normalized spacial score (nSPS) is 30.2. The third-order valence-electron chi connectivity index (χ3n) is 6.93. The van der Waals surface area contributed by atoms with Crippen molar-refractivity contribution in [2.45, 2.75) is 50.4 Å². The van der Waals surface area contributed by atoms with Gasteiger partial charge in [-0.3, -0.25) is 4.79 Å². The number of amides is 1. The minimum absolute atomic E-state index is 0.0256. The molecule has 0 radical (unpaired) electrons. The summed E-state index contributed by atoms with van der Waals surface area (Å²) in [5.41, 5.74) is 1.02. The number of hydrogen-bond donors (Lipinski definition) is 2. The molecule has 32 heavy (non-hydrogen) atoms. The molecule has 5 atom stereocenters. The van der Waals surface area contributed by atoms with Crippen molar-refractivity contribution >= 4 is 5.91 Å². The fourth-order valence-electron chi connectivity index (χ4n) is 5.36. The van der Waals surface area contributed by atoms with Crippen molar-refractivity contribution in [1.82, 2.24) is 5.32 Å². The Morgan fingerprint density at radius 3 is 2.81 bits per heavy atom. The molecule has 174 valence electrons. The summed E-state index contributed by atoms with van der Waals surface area (Å²) in [5, 5.41) is 12.0. The van der Waals surface area contributed by atoms with Gasteiger partial charge in [0, 0.05) is 18.4 Å². The molecule has 0 saturated heterocycles. The van der Waals surface area contributed by atoms with E-state index in [9.17, 15) is 4.79 Å². The summed E-state index contributed by atoms with van der Waals surface area (Å²) in [6.07, 6.45) is 6.69. The van der Waals surface area contributed by atoms with Gasteiger partial charge in [0.2, 0.25) is 13.1 Å². The number of allylic oxidation sites excluding steroid dienone is 1. The molecule has 4 aliphatic rings. The van der Waals surface area contributed by atoms with Gasteiger partial charge in [0.1, 0.15) is 0 Å². The largest absolute Gasteiger partial charge is 0.459 e. The number of aliphatic hydroxyl groups excluding tert-OH is 1. The Hall–Kier alpha value is -2.29. The van der Waals surface area contributed by atoms with Crippen LogP contribution in [0, 0.1) is 11.8 Å². The fourth-order valence-corrected chi connectivity index (χ4v) is 5.36. The number of hydrogen-bond acceptors (Lipinski definition) is 7. The molecule has 2 aliphatic carbocycles. The molecule has 8 nitrogen and oxygen atoms in total. The predicted octanol–water partition coefficient (Wildman–Crippen LogP) is 2.46. The lowest BCUT2D eigenvalue weighted by molar-refractivity contribution is -0.151. The van der Waals surface area contributed by atoms with Crippen LogP contribution in [0.2, 0.25) is 0 Å². The van der Waals surface area contributed by atoms with E-state index >= 15 is 0 Å². The highest BCUT2D eigenvalue weighted by molar-refractivity contribution is 5.92. The maximum atomic E-state index is 13.1. The summed E-state index contributed by atoms with van der Waals surface area (Å²) in [7, 11) is 0. The Morgan fingerprint density at radius 1 is 1.09 bits per heavy atom. The monoisotopic (exact) mass is 445 g/mol. The Balaban J connectivity index is 1.28. The van der Waals surface area contributed by atoms with Gasteiger partial charge in [-0.25, -0.2) is 0 Å². The molecule has 2 saturated carbocycles. The number of carbonyl (C=O) groups is 1. The van der Waals surface area contributed by atoms with Gasteiger partial charge < -0.3 is 34.1 Å². The minimum atomic E-state index is -0.561. The summed E-state index contributed by atoms with van der Waals surface area (Å²) in [6, 6.07) is 6.09. The van der Waals surface area contributed by atoms with Gasteiger partial charge in [0.25, 0.3) is 5.91 Å². The van der Waals surface area contributed by atoms with E-state index in [0.29, 0.717) is 37.1 Å². The van der Waals surface area contributed by atoms with E-state index in [1.807, 2.05) is 24.3 Å². The van der Waals surface area contributed by atoms with Gasteiger partial charge in [-0.05, 0) is 54.9 Å². The van der Waals surface area contributed by atoms with Crippen LogP contribution in [0.1, 0.15) is 43.6 Å². The molecule has 2 heterocycles. The molecule has 8 heteroatoms. The topological polar surface area (TPSA) is 95.5 Å². The van der Waals surface area contributed by atoms with Gasteiger partial charge in [-0.1, -0.05) is 12.5 Å². The first-order valence-electron chi connectivity index (χ1n) is 11.6. The molecular formula is C24H31NO7. The SMILES string of the molecule is O=C(NC1CC2CCC1C2)C1=C[C@@H](c2ccc3c(c2)OCO3)C[C@@H](OCCOCCO)O1. The van der Waals surface area contributed by atoms with Crippen molar-refractivity contribution in [2.75, 3.05) is 33.2 Å². The van der Waals surface area contributed by atoms with Crippen molar-refractivity contribution < 1.29 is 33.6 Å². The van der Waals surface area contributed by atoms with E-state index in [2.05, 4.69) is 5.32 Å². The van der Waals surface area contributed by atoms with Gasteiger partial charge in [0.05, 0.1) is 26.4 Å². The van der Waals surface area contributed by atoms with Crippen LogP contribution in [0.15, 0.2) is 30.0 Å². The second kappa shape index (κ2) is 9.68. The van der Waals surface area contributed by atoms with Gasteiger partial charge >= 0.3 is 0 Å². The molecule has 1 aromatic carbocycles. The molecule has 2 N–H and O–H groups in total. The predicted molar refractivity (Wildman–Crippen MR) is 114 cm³/mol. The molecule has 3 unspecified atom stereocenters. The third kappa shape index (κ3) is 4.72. The first-order valence-corrected chi connectivity index (χ1v) is 11.6. The van der Waals surface area contributed by atoms with Crippen LogP contribution in [0.4, 0.5) is 0 Å². The Bertz CT molecular complexity index is 857. The van der Waals surface area contributed by atoms with Crippen molar-refractivity contribution in [1.29, 1.82) is 0 Å². The highest BCUT2D eigenvalue weighted by Crippen LogP contribution is 2.44. The third-order valence-corrected chi connectivity index (χ3v) is 6.93. The Kier molecular flexibility index (Phi) is 6.52. The maximum Gasteiger partial charge on any atom is 0.286 e. The van der Waals surface area contributed by atoms with Crippen molar-refractivity contribution in [3.8, 4) is 11.5 Å². The summed E-state index contributed by atoms with van der Waals surface area (Å²) in [6.45, 7) is 1.14. The number of aliphatic hydroxyl groups is 1. The van der Waals surface area contributed by atoms with E-state index in [-0.39, 0.29) is 37.9 Å². The van der Waals surface area contributed by atoms with E-state index in [1.165, 1.54) is 19.3 Å². The van der Waals surface area contributed by atoms with Crippen molar-refractivity contribution in [3.63, 3.8) is 0 Å². The molecule has 2 fully saturated rings. The zero-order valence-corrected chi connectivity index (χ0v) is 18.2. The van der Waals surface area contributed by atoms with Gasteiger partial charge in [0.15, 0.2) is 17.3 Å². The molecule has 1 amide bonds. The van der Waals surface area contributed by atoms with Gasteiger partial charge in [-0.15, -0.1) is 0 Å². The number of carbonyl (C=O) groups excluding carboxylic acids is 1. The summed E-state index contributed by atoms with van der Waals surface area (Å²) in [5.74, 6) is 2.87. The number of ether oxygens (including phenoxy) is 5. The first-order chi connectivity index (χ1) is 15.7. The maximum absolute atomic E-state index is 13.1. The lowest BCUT2D eigenvalue weighted by Crippen LogP contribution is -2.41. The quantitative estimate of drug-likeness (QED) is 0.564. The molecule has 2 aliphatic heterocycles. The second-order valence-corrected chi connectivity index (χ2v) is 8.99. The summed E-state index contributed by atoms with van der Waals surface area (Å²) < 4.78 is 28.0. The Morgan fingerprint density at radius 2 is 2.00 bits per heavy atom. The van der Waals surface area contributed by atoms with Crippen LogP contribution in [0.3, 0.4) is 0 Å².